The number of hydrazone groups is 1. The van der Waals surface area contributed by atoms with Crippen LogP contribution in [0.2, 0.25) is 0 Å². The number of carbonyl (C=O) groups is 1. The van der Waals surface area contributed by atoms with Crippen molar-refractivity contribution >= 4 is 22.9 Å². The molecule has 6 nitrogen and oxygen atoms in total. The van der Waals surface area contributed by atoms with Crippen LogP contribution in [0.15, 0.2) is 58.4 Å². The SMILES string of the molecule is CCCCn1nc(C(=O)N/N=C\c2ccc(C)cc2)c2ccccc2c1=O. The summed E-state index contributed by atoms with van der Waals surface area (Å²) < 4.78 is 1.37. The number of aryl methyl sites for hydroxylation is 2. The van der Waals surface area contributed by atoms with Crippen LogP contribution < -0.4 is 11.0 Å². The fraction of sp³-hybridized carbons (Fsp3) is 0.238. The first-order valence-corrected chi connectivity index (χ1v) is 9.00. The first kappa shape index (κ1) is 18.5. The summed E-state index contributed by atoms with van der Waals surface area (Å²) >= 11 is 0. The van der Waals surface area contributed by atoms with Crippen LogP contribution in [0.4, 0.5) is 0 Å². The van der Waals surface area contributed by atoms with Crippen molar-refractivity contribution in [1.82, 2.24) is 15.2 Å². The van der Waals surface area contributed by atoms with Crippen molar-refractivity contribution in [2.75, 3.05) is 0 Å². The topological polar surface area (TPSA) is 76.3 Å². The maximum atomic E-state index is 12.6. The average molecular weight is 362 g/mol. The average Bonchev–Trinajstić information content (AvgIpc) is 2.69. The third-order valence-electron chi connectivity index (χ3n) is 4.26. The molecule has 0 aliphatic heterocycles. The number of amides is 1. The fourth-order valence-electron chi connectivity index (χ4n) is 2.73. The smallest absolute Gasteiger partial charge is 0.267 e. The first-order valence-electron chi connectivity index (χ1n) is 9.00. The molecule has 27 heavy (non-hydrogen) atoms. The molecule has 3 aromatic rings. The van der Waals surface area contributed by atoms with Gasteiger partial charge in [0.2, 0.25) is 0 Å². The van der Waals surface area contributed by atoms with Crippen molar-refractivity contribution in [2.24, 2.45) is 5.10 Å². The second-order valence-electron chi connectivity index (χ2n) is 6.39. The molecule has 1 heterocycles. The quantitative estimate of drug-likeness (QED) is 0.540. The molecule has 0 bridgehead atoms. The minimum Gasteiger partial charge on any atom is -0.267 e. The third kappa shape index (κ3) is 4.28. The van der Waals surface area contributed by atoms with Crippen LogP contribution in [-0.4, -0.2) is 21.9 Å². The Kier molecular flexibility index (Phi) is 5.76. The summed E-state index contributed by atoms with van der Waals surface area (Å²) in [4.78, 5) is 25.2. The number of aromatic nitrogens is 2. The number of nitrogens with one attached hydrogen (secondary N) is 1. The molecule has 3 rings (SSSR count). The summed E-state index contributed by atoms with van der Waals surface area (Å²) in [6, 6.07) is 14.8. The lowest BCUT2D eigenvalue weighted by Gasteiger charge is -2.09. The number of rotatable bonds is 6. The molecule has 1 aromatic heterocycles. The Hall–Kier alpha value is -3.28. The summed E-state index contributed by atoms with van der Waals surface area (Å²) in [7, 11) is 0. The molecule has 2 aromatic carbocycles. The molecule has 138 valence electrons. The number of carbonyl (C=O) groups excluding carboxylic acids is 1. The van der Waals surface area contributed by atoms with Crippen LogP contribution in [0.5, 0.6) is 0 Å². The second kappa shape index (κ2) is 8.40. The van der Waals surface area contributed by atoms with Gasteiger partial charge in [0, 0.05) is 11.9 Å². The van der Waals surface area contributed by atoms with Gasteiger partial charge in [0.15, 0.2) is 5.69 Å². The van der Waals surface area contributed by atoms with Crippen LogP contribution >= 0.6 is 0 Å². The van der Waals surface area contributed by atoms with Crippen molar-refractivity contribution in [1.29, 1.82) is 0 Å². The van der Waals surface area contributed by atoms with E-state index in [0.717, 1.165) is 24.0 Å². The standard InChI is InChI=1S/C21H22N4O2/c1-3-4-13-25-21(27)18-8-6-5-7-17(18)19(24-25)20(26)23-22-14-16-11-9-15(2)10-12-16/h5-12,14H,3-4,13H2,1-2H3,(H,23,26)/b22-14-. The lowest BCUT2D eigenvalue weighted by molar-refractivity contribution is 0.0949. The Morgan fingerprint density at radius 2 is 1.85 bits per heavy atom. The second-order valence-corrected chi connectivity index (χ2v) is 6.39. The zero-order chi connectivity index (χ0) is 19.2. The van der Waals surface area contributed by atoms with Crippen LogP contribution in [0, 0.1) is 6.92 Å². The largest absolute Gasteiger partial charge is 0.292 e. The van der Waals surface area contributed by atoms with E-state index in [4.69, 9.17) is 0 Å². The number of nitrogens with zero attached hydrogens (tertiary/aromatic N) is 3. The molecular formula is C21H22N4O2. The predicted molar refractivity (Wildman–Crippen MR) is 107 cm³/mol. The van der Waals surface area contributed by atoms with Gasteiger partial charge < -0.3 is 0 Å². The van der Waals surface area contributed by atoms with E-state index in [1.807, 2.05) is 38.1 Å². The number of fused-ring (bicyclic) bond motifs is 1. The third-order valence-corrected chi connectivity index (χ3v) is 4.26. The highest BCUT2D eigenvalue weighted by Crippen LogP contribution is 2.13. The van der Waals surface area contributed by atoms with E-state index >= 15 is 0 Å². The molecule has 0 fully saturated rings. The summed E-state index contributed by atoms with van der Waals surface area (Å²) in [5.74, 6) is -0.445. The van der Waals surface area contributed by atoms with E-state index in [1.165, 1.54) is 4.68 Å². The maximum Gasteiger partial charge on any atom is 0.292 e. The fourth-order valence-corrected chi connectivity index (χ4v) is 2.73. The van der Waals surface area contributed by atoms with Gasteiger partial charge >= 0.3 is 0 Å². The van der Waals surface area contributed by atoms with E-state index in [9.17, 15) is 9.59 Å². The Labute approximate surface area is 157 Å². The van der Waals surface area contributed by atoms with Crippen molar-refractivity contribution in [3.63, 3.8) is 0 Å². The number of unbranched alkanes of at least 4 members (excludes halogenated alkanes) is 1. The molecule has 1 N–H and O–H groups in total. The minimum absolute atomic E-state index is 0.182. The summed E-state index contributed by atoms with van der Waals surface area (Å²) in [6.45, 7) is 4.53. The van der Waals surface area contributed by atoms with Gasteiger partial charge in [0.25, 0.3) is 11.5 Å². The normalized spacial score (nSPS) is 11.2. The van der Waals surface area contributed by atoms with Gasteiger partial charge in [-0.3, -0.25) is 9.59 Å². The van der Waals surface area contributed by atoms with Gasteiger partial charge in [-0.25, -0.2) is 10.1 Å². The van der Waals surface area contributed by atoms with E-state index < -0.39 is 5.91 Å². The summed E-state index contributed by atoms with van der Waals surface area (Å²) in [5.41, 5.74) is 4.56. The monoisotopic (exact) mass is 362 g/mol. The molecule has 0 radical (unpaired) electrons. The zero-order valence-corrected chi connectivity index (χ0v) is 15.5. The van der Waals surface area contributed by atoms with E-state index in [0.29, 0.717) is 17.3 Å². The van der Waals surface area contributed by atoms with Gasteiger partial charge in [0.1, 0.15) is 0 Å². The number of benzene rings is 2. The van der Waals surface area contributed by atoms with E-state index in [-0.39, 0.29) is 11.3 Å². The molecule has 0 aliphatic carbocycles. The Morgan fingerprint density at radius 3 is 2.56 bits per heavy atom. The zero-order valence-electron chi connectivity index (χ0n) is 15.5. The van der Waals surface area contributed by atoms with Gasteiger partial charge in [0.05, 0.1) is 11.6 Å². The van der Waals surface area contributed by atoms with Gasteiger partial charge in [-0.2, -0.15) is 10.2 Å². The highest BCUT2D eigenvalue weighted by atomic mass is 16.2. The lowest BCUT2D eigenvalue weighted by atomic mass is 10.1. The molecule has 0 atom stereocenters. The van der Waals surface area contributed by atoms with Crippen LogP contribution in [0.1, 0.15) is 41.4 Å². The molecule has 6 heteroatoms. The molecule has 0 saturated carbocycles. The first-order chi connectivity index (χ1) is 13.1. The number of hydrogen-bond donors (Lipinski definition) is 1. The number of hydrogen-bond acceptors (Lipinski definition) is 4. The lowest BCUT2D eigenvalue weighted by Crippen LogP contribution is -2.29. The molecule has 1 amide bonds. The van der Waals surface area contributed by atoms with Gasteiger partial charge in [-0.05, 0) is 25.0 Å². The predicted octanol–water partition coefficient (Wildman–Crippen LogP) is 3.27. The van der Waals surface area contributed by atoms with Crippen molar-refractivity contribution < 1.29 is 4.79 Å². The van der Waals surface area contributed by atoms with Gasteiger partial charge in [-0.15, -0.1) is 0 Å². The molecule has 0 saturated heterocycles. The van der Waals surface area contributed by atoms with Crippen LogP contribution in [0.25, 0.3) is 10.8 Å². The van der Waals surface area contributed by atoms with Gasteiger partial charge in [-0.1, -0.05) is 61.4 Å². The Bertz CT molecular complexity index is 1040. The molecular weight excluding hydrogens is 340 g/mol. The molecule has 0 spiro atoms. The maximum absolute atomic E-state index is 12.6. The molecule has 0 aliphatic rings. The Morgan fingerprint density at radius 1 is 1.15 bits per heavy atom. The van der Waals surface area contributed by atoms with E-state index in [2.05, 4.69) is 15.6 Å². The summed E-state index contributed by atoms with van der Waals surface area (Å²) in [5, 5.41) is 9.32. The summed E-state index contributed by atoms with van der Waals surface area (Å²) in [6.07, 6.45) is 3.33. The van der Waals surface area contributed by atoms with E-state index in [1.54, 1.807) is 30.5 Å². The highest BCUT2D eigenvalue weighted by molar-refractivity contribution is 6.04. The van der Waals surface area contributed by atoms with Crippen molar-refractivity contribution in [3.05, 3.63) is 75.7 Å². The van der Waals surface area contributed by atoms with Crippen LogP contribution in [-0.2, 0) is 6.54 Å². The molecule has 0 unspecified atom stereocenters. The van der Waals surface area contributed by atoms with Crippen molar-refractivity contribution in [2.45, 2.75) is 33.2 Å². The Balaban J connectivity index is 1.90. The van der Waals surface area contributed by atoms with Crippen molar-refractivity contribution in [3.8, 4) is 0 Å². The van der Waals surface area contributed by atoms with Crippen LogP contribution in [0.3, 0.4) is 0 Å². The highest BCUT2D eigenvalue weighted by Gasteiger charge is 2.16. The minimum atomic E-state index is -0.445.